The van der Waals surface area contributed by atoms with Gasteiger partial charge in [-0.3, -0.25) is 0 Å². The number of hydrogen-bond acceptors (Lipinski definition) is 2. The SMILES string of the molecule is C=CCC(NC(=O)N1CCCc2ccccc2C1)C(=O)O. The summed E-state index contributed by atoms with van der Waals surface area (Å²) in [4.78, 5) is 25.0. The summed E-state index contributed by atoms with van der Waals surface area (Å²) in [5, 5.41) is 11.6. The topological polar surface area (TPSA) is 69.6 Å². The third-order valence-corrected chi connectivity index (χ3v) is 3.64. The van der Waals surface area contributed by atoms with Crippen molar-refractivity contribution in [2.24, 2.45) is 0 Å². The summed E-state index contributed by atoms with van der Waals surface area (Å²) in [6, 6.07) is 6.79. The molecule has 0 fully saturated rings. The Kier molecular flexibility index (Phi) is 4.98. The third kappa shape index (κ3) is 3.84. The number of carboxylic acids is 1. The van der Waals surface area contributed by atoms with Crippen LogP contribution in [-0.4, -0.2) is 34.6 Å². The van der Waals surface area contributed by atoms with Gasteiger partial charge in [0.1, 0.15) is 6.04 Å². The molecule has 5 nitrogen and oxygen atoms in total. The van der Waals surface area contributed by atoms with Crippen LogP contribution in [0.3, 0.4) is 0 Å². The maximum absolute atomic E-state index is 12.3. The summed E-state index contributed by atoms with van der Waals surface area (Å²) in [6.07, 6.45) is 3.53. The molecule has 0 bridgehead atoms. The van der Waals surface area contributed by atoms with Crippen LogP contribution in [0.4, 0.5) is 4.79 Å². The first-order chi connectivity index (χ1) is 10.1. The van der Waals surface area contributed by atoms with Gasteiger partial charge >= 0.3 is 12.0 Å². The minimum Gasteiger partial charge on any atom is -0.480 e. The van der Waals surface area contributed by atoms with E-state index in [2.05, 4.69) is 18.0 Å². The highest BCUT2D eigenvalue weighted by Crippen LogP contribution is 2.18. The van der Waals surface area contributed by atoms with Crippen molar-refractivity contribution in [1.29, 1.82) is 0 Å². The number of benzene rings is 1. The van der Waals surface area contributed by atoms with Crippen molar-refractivity contribution in [3.05, 3.63) is 48.0 Å². The highest BCUT2D eigenvalue weighted by atomic mass is 16.4. The van der Waals surface area contributed by atoms with Gasteiger partial charge in [0.05, 0.1) is 0 Å². The largest absolute Gasteiger partial charge is 0.480 e. The second-order valence-electron chi connectivity index (χ2n) is 5.16. The molecule has 1 heterocycles. The lowest BCUT2D eigenvalue weighted by atomic mass is 10.0. The number of nitrogens with zero attached hydrogens (tertiary/aromatic N) is 1. The summed E-state index contributed by atoms with van der Waals surface area (Å²) >= 11 is 0. The second-order valence-corrected chi connectivity index (χ2v) is 5.16. The van der Waals surface area contributed by atoms with E-state index in [0.29, 0.717) is 13.1 Å². The Morgan fingerprint density at radius 2 is 2.10 bits per heavy atom. The Bertz CT molecular complexity index is 542. The number of carboxylic acid groups (broad SMARTS) is 1. The van der Waals surface area contributed by atoms with Crippen molar-refractivity contribution >= 4 is 12.0 Å². The van der Waals surface area contributed by atoms with Crippen molar-refractivity contribution in [3.8, 4) is 0 Å². The van der Waals surface area contributed by atoms with Gasteiger partial charge in [-0.05, 0) is 30.4 Å². The number of fused-ring (bicyclic) bond motifs is 1. The quantitative estimate of drug-likeness (QED) is 0.834. The van der Waals surface area contributed by atoms with Gasteiger partial charge in [0.15, 0.2) is 0 Å². The Balaban J connectivity index is 2.06. The molecule has 0 aromatic heterocycles. The summed E-state index contributed by atoms with van der Waals surface area (Å²) in [5.41, 5.74) is 2.38. The van der Waals surface area contributed by atoms with E-state index in [1.165, 1.54) is 11.6 Å². The van der Waals surface area contributed by atoms with Crippen LogP contribution in [0.25, 0.3) is 0 Å². The van der Waals surface area contributed by atoms with Gasteiger partial charge in [0.25, 0.3) is 0 Å². The number of aliphatic carboxylic acids is 1. The van der Waals surface area contributed by atoms with Crippen LogP contribution in [0.1, 0.15) is 24.0 Å². The smallest absolute Gasteiger partial charge is 0.326 e. The standard InChI is InChI=1S/C16H20N2O3/c1-2-6-14(15(19)20)17-16(21)18-10-5-9-12-7-3-4-8-13(12)11-18/h2-4,7-8,14H,1,5-6,9-11H2,(H,17,21)(H,19,20). The van der Waals surface area contributed by atoms with E-state index in [1.807, 2.05) is 18.2 Å². The average molecular weight is 288 g/mol. The summed E-state index contributed by atoms with van der Waals surface area (Å²) in [7, 11) is 0. The Hall–Kier alpha value is -2.30. The highest BCUT2D eigenvalue weighted by molar-refractivity contribution is 5.82. The number of urea groups is 1. The highest BCUT2D eigenvalue weighted by Gasteiger charge is 2.23. The molecule has 0 aliphatic carbocycles. The number of carbonyl (C=O) groups excluding carboxylic acids is 1. The monoisotopic (exact) mass is 288 g/mol. The van der Waals surface area contributed by atoms with Crippen LogP contribution in [-0.2, 0) is 17.8 Å². The Labute approximate surface area is 124 Å². The Morgan fingerprint density at radius 3 is 2.76 bits per heavy atom. The van der Waals surface area contributed by atoms with Crippen molar-refractivity contribution in [1.82, 2.24) is 10.2 Å². The van der Waals surface area contributed by atoms with Crippen LogP contribution in [0.2, 0.25) is 0 Å². The molecule has 21 heavy (non-hydrogen) atoms. The maximum atomic E-state index is 12.3. The molecule has 2 rings (SSSR count). The molecule has 5 heteroatoms. The maximum Gasteiger partial charge on any atom is 0.326 e. The fourth-order valence-electron chi connectivity index (χ4n) is 2.50. The van der Waals surface area contributed by atoms with E-state index < -0.39 is 12.0 Å². The molecule has 0 spiro atoms. The molecule has 0 saturated carbocycles. The van der Waals surface area contributed by atoms with Gasteiger partial charge in [-0.1, -0.05) is 30.3 Å². The molecule has 1 aromatic rings. The van der Waals surface area contributed by atoms with E-state index in [9.17, 15) is 9.59 Å². The number of hydrogen-bond donors (Lipinski definition) is 2. The van der Waals surface area contributed by atoms with Gasteiger partial charge in [-0.2, -0.15) is 0 Å². The van der Waals surface area contributed by atoms with Crippen LogP contribution in [0, 0.1) is 0 Å². The van der Waals surface area contributed by atoms with Crippen LogP contribution in [0.5, 0.6) is 0 Å². The minimum atomic E-state index is -1.04. The molecule has 1 unspecified atom stereocenters. The zero-order valence-corrected chi connectivity index (χ0v) is 11.9. The lowest BCUT2D eigenvalue weighted by Gasteiger charge is -2.23. The predicted molar refractivity (Wildman–Crippen MR) is 79.9 cm³/mol. The number of aryl methyl sites for hydroxylation is 1. The molecule has 2 amide bonds. The zero-order valence-electron chi connectivity index (χ0n) is 11.9. The average Bonchev–Trinajstić information content (AvgIpc) is 2.68. The predicted octanol–water partition coefficient (Wildman–Crippen LogP) is 2.17. The number of nitrogens with one attached hydrogen (secondary N) is 1. The van der Waals surface area contributed by atoms with Crippen molar-refractivity contribution in [2.75, 3.05) is 6.54 Å². The van der Waals surface area contributed by atoms with Crippen LogP contribution >= 0.6 is 0 Å². The number of amides is 2. The van der Waals surface area contributed by atoms with Crippen LogP contribution in [0.15, 0.2) is 36.9 Å². The fourth-order valence-corrected chi connectivity index (χ4v) is 2.50. The second kappa shape index (κ2) is 6.92. The first kappa shape index (κ1) is 15.1. The van der Waals surface area contributed by atoms with E-state index in [4.69, 9.17) is 5.11 Å². The van der Waals surface area contributed by atoms with Crippen molar-refractivity contribution in [3.63, 3.8) is 0 Å². The molecule has 1 aliphatic rings. The normalized spacial score (nSPS) is 15.5. The van der Waals surface area contributed by atoms with Gasteiger partial charge in [0, 0.05) is 13.1 Å². The third-order valence-electron chi connectivity index (χ3n) is 3.64. The van der Waals surface area contributed by atoms with E-state index in [0.717, 1.165) is 18.4 Å². The molecule has 0 radical (unpaired) electrons. The number of carbonyl (C=O) groups is 2. The molecular weight excluding hydrogens is 268 g/mol. The van der Waals surface area contributed by atoms with E-state index >= 15 is 0 Å². The molecule has 1 aliphatic heterocycles. The first-order valence-electron chi connectivity index (χ1n) is 7.07. The van der Waals surface area contributed by atoms with Gasteiger partial charge in [-0.15, -0.1) is 6.58 Å². The van der Waals surface area contributed by atoms with Gasteiger partial charge in [-0.25, -0.2) is 9.59 Å². The fraction of sp³-hybridized carbons (Fsp3) is 0.375. The van der Waals surface area contributed by atoms with Gasteiger partial charge < -0.3 is 15.3 Å². The van der Waals surface area contributed by atoms with Crippen molar-refractivity contribution in [2.45, 2.75) is 31.8 Å². The molecular formula is C16H20N2O3. The van der Waals surface area contributed by atoms with Crippen LogP contribution < -0.4 is 5.32 Å². The van der Waals surface area contributed by atoms with E-state index in [-0.39, 0.29) is 12.5 Å². The molecule has 0 saturated heterocycles. The zero-order chi connectivity index (χ0) is 15.2. The van der Waals surface area contributed by atoms with Gasteiger partial charge in [0.2, 0.25) is 0 Å². The summed E-state index contributed by atoms with van der Waals surface area (Å²) in [5.74, 6) is -1.04. The Morgan fingerprint density at radius 1 is 1.38 bits per heavy atom. The first-order valence-corrected chi connectivity index (χ1v) is 7.07. The van der Waals surface area contributed by atoms with E-state index in [1.54, 1.807) is 4.90 Å². The molecule has 1 aromatic carbocycles. The lowest BCUT2D eigenvalue weighted by molar-refractivity contribution is -0.139. The lowest BCUT2D eigenvalue weighted by Crippen LogP contribution is -2.47. The summed E-state index contributed by atoms with van der Waals surface area (Å²) in [6.45, 7) is 4.66. The number of rotatable bonds is 4. The molecule has 1 atom stereocenters. The van der Waals surface area contributed by atoms with Crippen molar-refractivity contribution < 1.29 is 14.7 Å². The minimum absolute atomic E-state index is 0.214. The summed E-state index contributed by atoms with van der Waals surface area (Å²) < 4.78 is 0. The molecule has 112 valence electrons. The molecule has 2 N–H and O–H groups in total.